The van der Waals surface area contributed by atoms with Crippen LogP contribution in [0.1, 0.15) is 36.1 Å². The van der Waals surface area contributed by atoms with Gasteiger partial charge >= 0.3 is 212 Å². The van der Waals surface area contributed by atoms with E-state index in [1.54, 1.807) is 0 Å². The van der Waals surface area contributed by atoms with Crippen molar-refractivity contribution >= 4 is 24.5 Å². The molecule has 0 aromatic heterocycles. The molecule has 0 saturated carbocycles. The first kappa shape index (κ1) is 22.8. The zero-order chi connectivity index (χ0) is 25.1. The summed E-state index contributed by atoms with van der Waals surface area (Å²) in [6.07, 6.45) is 1.32. The molecular weight excluding hydrogens is 484 g/mol. The maximum absolute atomic E-state index is 12.8. The SMILES string of the molecule is [CH2]=[Ti]([O]C(C)=O)([O]C(C)=O)([c]1cccc2c1Cc1ccccc1-2)[c]1cccc2c1Cc1ccccc1-2. The third kappa shape index (κ3) is 3.22. The molecule has 4 aromatic carbocycles. The van der Waals surface area contributed by atoms with E-state index in [1.807, 2.05) is 48.5 Å². The molecule has 0 saturated heterocycles. The van der Waals surface area contributed by atoms with E-state index in [9.17, 15) is 9.59 Å². The van der Waals surface area contributed by atoms with Crippen LogP contribution in [0.25, 0.3) is 22.3 Å². The average Bonchev–Trinajstić information content (AvgIpc) is 3.41. The summed E-state index contributed by atoms with van der Waals surface area (Å²) in [5.41, 5.74) is 8.84. The Morgan fingerprint density at radius 1 is 0.611 bits per heavy atom. The molecule has 0 fully saturated rings. The quantitative estimate of drug-likeness (QED) is 0.318. The molecular formula is C31H26O4Ti. The standard InChI is InChI=1S/2C13H9.2C2H4O2.CH2.Ti/c2*1-3-7-12-10(5-1)9-11-6-2-4-8-13(11)12;2*1-2(3)4;;/h2*1-5,7-8H,9H2;2*1H3,(H,3,4);1H2;/q;;;;;+2/p-2. The number of carbonyl (C=O) groups is 2. The Kier molecular flexibility index (Phi) is 5.05. The zero-order valence-corrected chi connectivity index (χ0v) is 21.9. The van der Waals surface area contributed by atoms with Crippen molar-refractivity contribution in [1.29, 1.82) is 0 Å². The van der Waals surface area contributed by atoms with Gasteiger partial charge in [-0.05, 0) is 0 Å². The molecule has 178 valence electrons. The Morgan fingerprint density at radius 3 is 1.42 bits per heavy atom. The van der Waals surface area contributed by atoms with Crippen LogP contribution in [0.2, 0.25) is 0 Å². The van der Waals surface area contributed by atoms with Gasteiger partial charge < -0.3 is 0 Å². The molecule has 5 heteroatoms. The van der Waals surface area contributed by atoms with E-state index in [2.05, 4.69) is 36.4 Å². The van der Waals surface area contributed by atoms with E-state index in [0.717, 1.165) is 41.1 Å². The van der Waals surface area contributed by atoms with Gasteiger partial charge in [0.1, 0.15) is 0 Å². The van der Waals surface area contributed by atoms with Crippen LogP contribution in [-0.2, 0) is 44.7 Å². The van der Waals surface area contributed by atoms with Crippen LogP contribution in [0.4, 0.5) is 0 Å². The minimum absolute atomic E-state index is 0.510. The Hall–Kier alpha value is -3.60. The summed E-state index contributed by atoms with van der Waals surface area (Å²) in [6.45, 7) is 2.74. The summed E-state index contributed by atoms with van der Waals surface area (Å²) in [7, 11) is 0. The molecule has 4 nitrogen and oxygen atoms in total. The second kappa shape index (κ2) is 7.96. The van der Waals surface area contributed by atoms with E-state index < -0.39 is 27.6 Å². The van der Waals surface area contributed by atoms with Crippen LogP contribution in [-0.4, -0.2) is 16.8 Å². The number of hydrogen-bond donors (Lipinski definition) is 0. The van der Waals surface area contributed by atoms with E-state index in [0.29, 0.717) is 12.8 Å². The Bertz CT molecular complexity index is 1540. The number of carbonyl (C=O) groups excluding carboxylic acids is 2. The van der Waals surface area contributed by atoms with Crippen LogP contribution in [0.15, 0.2) is 84.9 Å². The van der Waals surface area contributed by atoms with Crippen LogP contribution in [0.3, 0.4) is 0 Å². The summed E-state index contributed by atoms with van der Waals surface area (Å²) in [5.74, 6) is -1.02. The van der Waals surface area contributed by atoms with Crippen LogP contribution in [0, 0.1) is 0 Å². The Balaban J connectivity index is 1.70. The van der Waals surface area contributed by atoms with Crippen molar-refractivity contribution in [2.75, 3.05) is 0 Å². The molecule has 0 aliphatic heterocycles. The second-order valence-electron chi connectivity index (χ2n) is 9.78. The van der Waals surface area contributed by atoms with Crippen LogP contribution < -0.4 is 7.74 Å². The normalized spacial score (nSPS) is 13.3. The molecule has 0 unspecified atom stereocenters. The van der Waals surface area contributed by atoms with Gasteiger partial charge in [0.2, 0.25) is 0 Å². The van der Waals surface area contributed by atoms with Crippen LogP contribution in [0.5, 0.6) is 0 Å². The molecule has 0 spiro atoms. The molecule has 0 amide bonds. The fourth-order valence-corrected chi connectivity index (χ4v) is 13.3. The molecule has 0 atom stereocenters. The van der Waals surface area contributed by atoms with E-state index in [4.69, 9.17) is 11.5 Å². The van der Waals surface area contributed by atoms with Crippen LogP contribution >= 0.6 is 0 Å². The van der Waals surface area contributed by atoms with Crippen molar-refractivity contribution in [3.63, 3.8) is 0 Å². The second-order valence-corrected chi connectivity index (χ2v) is 16.0. The van der Waals surface area contributed by atoms with Crippen molar-refractivity contribution in [3.8, 4) is 22.3 Å². The van der Waals surface area contributed by atoms with Crippen molar-refractivity contribution in [3.05, 3.63) is 107 Å². The summed E-state index contributed by atoms with van der Waals surface area (Å²) in [4.78, 5) is 30.4. The molecule has 6 rings (SSSR count). The topological polar surface area (TPSA) is 52.6 Å². The number of rotatable bonds is 4. The van der Waals surface area contributed by atoms with Gasteiger partial charge in [-0.3, -0.25) is 0 Å². The Morgan fingerprint density at radius 2 is 1.00 bits per heavy atom. The molecule has 4 aromatic rings. The molecule has 0 heterocycles. The third-order valence-electron chi connectivity index (χ3n) is 7.51. The molecule has 36 heavy (non-hydrogen) atoms. The maximum atomic E-state index is 12.8. The zero-order valence-electron chi connectivity index (χ0n) is 20.3. The summed E-state index contributed by atoms with van der Waals surface area (Å²) < 4.78 is 14.2. The van der Waals surface area contributed by atoms with E-state index in [-0.39, 0.29) is 0 Å². The van der Waals surface area contributed by atoms with Gasteiger partial charge in [0.15, 0.2) is 0 Å². The number of benzene rings is 4. The van der Waals surface area contributed by atoms with E-state index in [1.165, 1.54) is 25.0 Å². The summed E-state index contributed by atoms with van der Waals surface area (Å²) >= 11 is -5.51. The molecule has 0 radical (unpaired) electrons. The summed E-state index contributed by atoms with van der Waals surface area (Å²) in [5, 5.41) is 0. The first-order valence-electron chi connectivity index (χ1n) is 12.1. The Labute approximate surface area is 211 Å². The van der Waals surface area contributed by atoms with Crippen molar-refractivity contribution in [2.45, 2.75) is 26.7 Å². The fourth-order valence-electron chi connectivity index (χ4n) is 6.26. The van der Waals surface area contributed by atoms with Gasteiger partial charge in [-0.25, -0.2) is 0 Å². The van der Waals surface area contributed by atoms with Crippen molar-refractivity contribution in [1.82, 2.24) is 0 Å². The average molecular weight is 510 g/mol. The van der Waals surface area contributed by atoms with Crippen molar-refractivity contribution in [2.24, 2.45) is 0 Å². The van der Waals surface area contributed by atoms with Gasteiger partial charge in [0, 0.05) is 0 Å². The van der Waals surface area contributed by atoms with E-state index >= 15 is 0 Å². The number of fused-ring (bicyclic) bond motifs is 6. The number of hydrogen-bond acceptors (Lipinski definition) is 4. The minimum atomic E-state index is -5.51. The van der Waals surface area contributed by atoms with Gasteiger partial charge in [0.25, 0.3) is 0 Å². The molecule has 0 bridgehead atoms. The molecule has 2 aliphatic rings. The van der Waals surface area contributed by atoms with Gasteiger partial charge in [-0.15, -0.1) is 0 Å². The third-order valence-corrected chi connectivity index (χ3v) is 14.6. The molecule has 0 N–H and O–H groups in total. The predicted molar refractivity (Wildman–Crippen MR) is 139 cm³/mol. The monoisotopic (exact) mass is 510 g/mol. The van der Waals surface area contributed by atoms with Gasteiger partial charge in [0.05, 0.1) is 0 Å². The predicted octanol–water partition coefficient (Wildman–Crippen LogP) is 4.86. The first-order chi connectivity index (χ1) is 17.3. The van der Waals surface area contributed by atoms with Crippen molar-refractivity contribution < 1.29 is 31.8 Å². The first-order valence-corrected chi connectivity index (χ1v) is 16.1. The van der Waals surface area contributed by atoms with Gasteiger partial charge in [-0.1, -0.05) is 0 Å². The van der Waals surface area contributed by atoms with Gasteiger partial charge in [-0.2, -0.15) is 0 Å². The summed E-state index contributed by atoms with van der Waals surface area (Å²) in [6, 6.07) is 28.5. The molecule has 2 aliphatic carbocycles. The fraction of sp³-hybridized carbons (Fsp3) is 0.129.